The van der Waals surface area contributed by atoms with Gasteiger partial charge in [-0.25, -0.2) is 0 Å². The van der Waals surface area contributed by atoms with Crippen LogP contribution in [0.5, 0.6) is 0 Å². The van der Waals surface area contributed by atoms with Gasteiger partial charge in [-0.15, -0.1) is 13.2 Å². The van der Waals surface area contributed by atoms with Gasteiger partial charge in [0.2, 0.25) is 5.91 Å². The van der Waals surface area contributed by atoms with Gasteiger partial charge in [-0.05, 0) is 49.7 Å². The highest BCUT2D eigenvalue weighted by Crippen LogP contribution is 2.49. The summed E-state index contributed by atoms with van der Waals surface area (Å²) in [6, 6.07) is 7.24. The zero-order valence-electron chi connectivity index (χ0n) is 18.2. The largest absolute Gasteiger partial charge is 0.336 e. The third-order valence-electron chi connectivity index (χ3n) is 6.74. The van der Waals surface area contributed by atoms with Crippen molar-refractivity contribution in [1.29, 1.82) is 0 Å². The third-order valence-corrected chi connectivity index (χ3v) is 6.74. The highest BCUT2D eigenvalue weighted by Gasteiger charge is 2.55. The zero-order valence-corrected chi connectivity index (χ0v) is 18.2. The smallest absolute Gasteiger partial charge is 0.229 e. The van der Waals surface area contributed by atoms with E-state index in [9.17, 15) is 4.79 Å². The van der Waals surface area contributed by atoms with Gasteiger partial charge >= 0.3 is 0 Å². The van der Waals surface area contributed by atoms with Gasteiger partial charge in [-0.2, -0.15) is 0 Å². The van der Waals surface area contributed by atoms with Crippen molar-refractivity contribution in [3.8, 4) is 0 Å². The van der Waals surface area contributed by atoms with Crippen molar-refractivity contribution >= 4 is 5.91 Å². The van der Waals surface area contributed by atoms with Gasteiger partial charge in [0.25, 0.3) is 0 Å². The lowest BCUT2D eigenvalue weighted by atomic mass is 9.76. The van der Waals surface area contributed by atoms with Crippen molar-refractivity contribution in [2.24, 2.45) is 10.8 Å². The van der Waals surface area contributed by atoms with E-state index in [0.717, 1.165) is 13.0 Å². The van der Waals surface area contributed by atoms with E-state index in [1.54, 1.807) is 0 Å². The Hall–Kier alpha value is -1.87. The average Bonchev–Trinajstić information content (AvgIpc) is 2.89. The molecule has 0 aromatic heterocycles. The second-order valence-electron chi connectivity index (χ2n) is 9.92. The number of piperazine rings is 1. The molecule has 2 saturated heterocycles. The third kappa shape index (κ3) is 3.57. The van der Waals surface area contributed by atoms with Gasteiger partial charge in [0.05, 0.1) is 17.5 Å². The Morgan fingerprint density at radius 2 is 1.86 bits per heavy atom. The summed E-state index contributed by atoms with van der Waals surface area (Å²) in [5.41, 5.74) is 3.56. The molecule has 2 aliphatic heterocycles. The summed E-state index contributed by atoms with van der Waals surface area (Å²) in [4.78, 5) is 15.8. The van der Waals surface area contributed by atoms with E-state index in [1.165, 1.54) is 16.7 Å². The second-order valence-corrected chi connectivity index (χ2v) is 9.92. The van der Waals surface area contributed by atoms with Crippen LogP contribution in [-0.4, -0.2) is 29.4 Å². The lowest BCUT2D eigenvalue weighted by Crippen LogP contribution is -2.60. The molecule has 2 aliphatic rings. The van der Waals surface area contributed by atoms with E-state index in [4.69, 9.17) is 0 Å². The van der Waals surface area contributed by atoms with Crippen LogP contribution < -0.4 is 5.32 Å². The van der Waals surface area contributed by atoms with Crippen molar-refractivity contribution in [2.45, 2.75) is 72.0 Å². The van der Waals surface area contributed by atoms with Gasteiger partial charge in [-0.3, -0.25) is 4.79 Å². The molecule has 0 aliphatic carbocycles. The number of benzene rings is 1. The first kappa shape index (κ1) is 20.9. The van der Waals surface area contributed by atoms with E-state index in [2.05, 4.69) is 76.2 Å². The van der Waals surface area contributed by atoms with Crippen LogP contribution in [0.1, 0.15) is 62.8 Å². The Bertz CT molecular complexity index is 763. The number of nitrogens with one attached hydrogen (secondary N) is 1. The first-order chi connectivity index (χ1) is 13.1. The van der Waals surface area contributed by atoms with E-state index in [0.29, 0.717) is 12.8 Å². The van der Waals surface area contributed by atoms with Crippen LogP contribution in [0.2, 0.25) is 0 Å². The lowest BCUT2D eigenvalue weighted by Gasteiger charge is -2.47. The van der Waals surface area contributed by atoms with Gasteiger partial charge in [0.15, 0.2) is 0 Å². The summed E-state index contributed by atoms with van der Waals surface area (Å²) in [6.45, 7) is 19.7. The van der Waals surface area contributed by atoms with Gasteiger partial charge < -0.3 is 10.2 Å². The molecule has 3 nitrogen and oxygen atoms in total. The lowest BCUT2D eigenvalue weighted by molar-refractivity contribution is -0.138. The number of rotatable bonds is 5. The standard InChI is InChI=1S/C25H36N2O/c1-8-12-25(13-9-2)15-20-22(19-14-17(3)10-11-18(19)4)26-21(24(5,6)7)16-27(20)23(25)28/h8-11,14,20-22,26H,1-2,12-13,15-16H2,3-7H3. The zero-order chi connectivity index (χ0) is 20.7. The maximum absolute atomic E-state index is 13.6. The highest BCUT2D eigenvalue weighted by atomic mass is 16.2. The molecule has 1 aromatic rings. The van der Waals surface area contributed by atoms with E-state index in [1.807, 2.05) is 12.2 Å². The molecule has 2 fully saturated rings. The van der Waals surface area contributed by atoms with Crippen molar-refractivity contribution in [3.05, 3.63) is 60.2 Å². The minimum atomic E-state index is -0.390. The molecule has 3 unspecified atom stereocenters. The summed E-state index contributed by atoms with van der Waals surface area (Å²) in [5.74, 6) is 0.281. The molecule has 3 heteroatoms. The maximum atomic E-state index is 13.6. The summed E-state index contributed by atoms with van der Waals surface area (Å²) in [6.07, 6.45) is 6.09. The monoisotopic (exact) mass is 380 g/mol. The first-order valence-electron chi connectivity index (χ1n) is 10.5. The molecular formula is C25H36N2O. The Morgan fingerprint density at radius 1 is 1.21 bits per heavy atom. The Balaban J connectivity index is 2.08. The van der Waals surface area contributed by atoms with E-state index in [-0.39, 0.29) is 29.4 Å². The fourth-order valence-electron chi connectivity index (χ4n) is 5.04. The van der Waals surface area contributed by atoms with Crippen LogP contribution in [-0.2, 0) is 4.79 Å². The van der Waals surface area contributed by atoms with Crippen LogP contribution in [0.15, 0.2) is 43.5 Å². The molecule has 3 atom stereocenters. The molecule has 2 heterocycles. The maximum Gasteiger partial charge on any atom is 0.229 e. The average molecular weight is 381 g/mol. The molecule has 1 amide bonds. The predicted octanol–water partition coefficient (Wildman–Crippen LogP) is 5.10. The fraction of sp³-hybridized carbons (Fsp3) is 0.560. The quantitative estimate of drug-likeness (QED) is 0.721. The minimum absolute atomic E-state index is 0.0728. The summed E-state index contributed by atoms with van der Waals surface area (Å²) in [5, 5.41) is 3.95. The van der Waals surface area contributed by atoms with Crippen LogP contribution in [0.25, 0.3) is 0 Å². The van der Waals surface area contributed by atoms with Crippen molar-refractivity contribution in [1.82, 2.24) is 10.2 Å². The van der Waals surface area contributed by atoms with E-state index < -0.39 is 5.41 Å². The molecule has 1 N–H and O–H groups in total. The van der Waals surface area contributed by atoms with Gasteiger partial charge in [0.1, 0.15) is 0 Å². The summed E-state index contributed by atoms with van der Waals surface area (Å²) < 4.78 is 0. The molecule has 152 valence electrons. The van der Waals surface area contributed by atoms with Gasteiger partial charge in [0, 0.05) is 12.6 Å². The fourth-order valence-corrected chi connectivity index (χ4v) is 5.04. The predicted molar refractivity (Wildman–Crippen MR) is 117 cm³/mol. The number of carbonyl (C=O) groups is 1. The van der Waals surface area contributed by atoms with Crippen LogP contribution in [0.3, 0.4) is 0 Å². The summed E-state index contributed by atoms with van der Waals surface area (Å²) in [7, 11) is 0. The topological polar surface area (TPSA) is 32.3 Å². The van der Waals surface area contributed by atoms with Crippen LogP contribution in [0, 0.1) is 24.7 Å². The molecule has 0 bridgehead atoms. The molecule has 0 saturated carbocycles. The van der Waals surface area contributed by atoms with Crippen LogP contribution >= 0.6 is 0 Å². The Morgan fingerprint density at radius 3 is 2.43 bits per heavy atom. The summed E-state index contributed by atoms with van der Waals surface area (Å²) >= 11 is 0. The molecule has 0 radical (unpaired) electrons. The molecule has 0 spiro atoms. The molecule has 1 aromatic carbocycles. The normalized spacial score (nSPS) is 26.8. The number of hydrogen-bond donors (Lipinski definition) is 1. The number of aryl methyl sites for hydroxylation is 2. The van der Waals surface area contributed by atoms with Crippen molar-refractivity contribution < 1.29 is 4.79 Å². The highest BCUT2D eigenvalue weighted by molar-refractivity contribution is 5.86. The number of allylic oxidation sites excluding steroid dienone is 2. The molecule has 3 rings (SSSR count). The first-order valence-corrected chi connectivity index (χ1v) is 10.5. The van der Waals surface area contributed by atoms with Crippen LogP contribution in [0.4, 0.5) is 0 Å². The van der Waals surface area contributed by atoms with Gasteiger partial charge in [-0.1, -0.05) is 56.7 Å². The Labute approximate surface area is 170 Å². The number of hydrogen-bond acceptors (Lipinski definition) is 2. The minimum Gasteiger partial charge on any atom is -0.336 e. The number of carbonyl (C=O) groups excluding carboxylic acids is 1. The molecular weight excluding hydrogens is 344 g/mol. The number of nitrogens with zero attached hydrogens (tertiary/aromatic N) is 1. The van der Waals surface area contributed by atoms with Crippen molar-refractivity contribution in [2.75, 3.05) is 6.54 Å². The molecule has 28 heavy (non-hydrogen) atoms. The van der Waals surface area contributed by atoms with E-state index >= 15 is 0 Å². The SMILES string of the molecule is C=CCC1(CC=C)CC2C(c3cc(C)ccc3C)NC(C(C)(C)C)CN2C1=O. The number of fused-ring (bicyclic) bond motifs is 1. The second kappa shape index (κ2) is 7.51. The Kier molecular flexibility index (Phi) is 5.60. The van der Waals surface area contributed by atoms with Crippen molar-refractivity contribution in [3.63, 3.8) is 0 Å². The number of amides is 1.